The molecule has 5 nitrogen and oxygen atoms in total. The summed E-state index contributed by atoms with van der Waals surface area (Å²) in [6, 6.07) is 0. The predicted molar refractivity (Wildman–Crippen MR) is 68.4 cm³/mol. The number of nitrogens with zero attached hydrogens (tertiary/aromatic N) is 1. The lowest BCUT2D eigenvalue weighted by atomic mass is 9.81. The van der Waals surface area contributed by atoms with E-state index in [2.05, 4.69) is 12.2 Å². The van der Waals surface area contributed by atoms with Crippen molar-refractivity contribution in [2.75, 3.05) is 40.4 Å². The van der Waals surface area contributed by atoms with Crippen molar-refractivity contribution in [3.8, 4) is 0 Å². The number of methoxy groups -OCH3 is 2. The third kappa shape index (κ3) is 2.53. The van der Waals surface area contributed by atoms with E-state index in [0.29, 0.717) is 13.1 Å². The van der Waals surface area contributed by atoms with Crippen molar-refractivity contribution in [2.45, 2.75) is 32.0 Å². The van der Waals surface area contributed by atoms with Crippen LogP contribution < -0.4 is 5.32 Å². The van der Waals surface area contributed by atoms with Gasteiger partial charge in [-0.25, -0.2) is 0 Å². The largest absolute Gasteiger partial charge is 0.377 e. The van der Waals surface area contributed by atoms with Crippen molar-refractivity contribution >= 4 is 5.91 Å². The van der Waals surface area contributed by atoms with Crippen LogP contribution >= 0.6 is 0 Å². The van der Waals surface area contributed by atoms with E-state index in [1.54, 1.807) is 14.2 Å². The van der Waals surface area contributed by atoms with Gasteiger partial charge in [0, 0.05) is 33.9 Å². The second kappa shape index (κ2) is 5.55. The van der Waals surface area contributed by atoms with E-state index in [0.717, 1.165) is 25.9 Å². The number of hydrogen-bond acceptors (Lipinski definition) is 4. The molecule has 3 unspecified atom stereocenters. The summed E-state index contributed by atoms with van der Waals surface area (Å²) in [6.45, 7) is 5.14. The quantitative estimate of drug-likeness (QED) is 0.786. The average Bonchev–Trinajstić information content (AvgIpc) is 2.81. The van der Waals surface area contributed by atoms with Crippen molar-refractivity contribution in [1.29, 1.82) is 0 Å². The molecule has 5 heteroatoms. The van der Waals surface area contributed by atoms with Crippen LogP contribution in [0.15, 0.2) is 0 Å². The molecule has 0 bridgehead atoms. The molecule has 2 aliphatic rings. The van der Waals surface area contributed by atoms with Crippen molar-refractivity contribution < 1.29 is 14.3 Å². The molecule has 2 rings (SSSR count). The molecular formula is C13H24N2O3. The maximum Gasteiger partial charge on any atom is 0.229 e. The minimum atomic E-state index is -0.265. The summed E-state index contributed by atoms with van der Waals surface area (Å²) in [4.78, 5) is 14.5. The van der Waals surface area contributed by atoms with Crippen LogP contribution in [0.2, 0.25) is 0 Å². The molecule has 1 amide bonds. The van der Waals surface area contributed by atoms with Crippen molar-refractivity contribution in [1.82, 2.24) is 10.2 Å². The molecule has 3 atom stereocenters. The van der Waals surface area contributed by atoms with Crippen molar-refractivity contribution in [3.05, 3.63) is 0 Å². The summed E-state index contributed by atoms with van der Waals surface area (Å²) in [5.74, 6) is 0.233. The molecule has 0 saturated carbocycles. The predicted octanol–water partition coefficient (Wildman–Crippen LogP) is 0.248. The van der Waals surface area contributed by atoms with E-state index in [-0.39, 0.29) is 23.5 Å². The number of hydrogen-bond donors (Lipinski definition) is 1. The third-order valence-corrected chi connectivity index (χ3v) is 4.22. The number of amides is 1. The highest BCUT2D eigenvalue weighted by Crippen LogP contribution is 2.30. The molecule has 104 valence electrons. The third-order valence-electron chi connectivity index (χ3n) is 4.22. The Kier molecular flexibility index (Phi) is 4.25. The van der Waals surface area contributed by atoms with Crippen LogP contribution in [0.5, 0.6) is 0 Å². The second-order valence-electron chi connectivity index (χ2n) is 5.60. The highest BCUT2D eigenvalue weighted by atomic mass is 16.5. The fraction of sp³-hybridized carbons (Fsp3) is 0.923. The lowest BCUT2D eigenvalue weighted by molar-refractivity contribution is -0.141. The number of piperidine rings is 1. The summed E-state index contributed by atoms with van der Waals surface area (Å²) in [6.07, 6.45) is 2.03. The van der Waals surface area contributed by atoms with Crippen LogP contribution in [0.1, 0.15) is 19.8 Å². The summed E-state index contributed by atoms with van der Waals surface area (Å²) in [7, 11) is 3.35. The van der Waals surface area contributed by atoms with Gasteiger partial charge in [-0.1, -0.05) is 0 Å². The Labute approximate surface area is 109 Å². The smallest absolute Gasteiger partial charge is 0.229 e. The Morgan fingerprint density at radius 1 is 1.28 bits per heavy atom. The molecular weight excluding hydrogens is 232 g/mol. The molecule has 2 heterocycles. The molecule has 2 fully saturated rings. The second-order valence-corrected chi connectivity index (χ2v) is 5.60. The van der Waals surface area contributed by atoms with Crippen LogP contribution in [-0.4, -0.2) is 63.4 Å². The monoisotopic (exact) mass is 256 g/mol. The van der Waals surface area contributed by atoms with Crippen molar-refractivity contribution in [3.63, 3.8) is 0 Å². The zero-order valence-corrected chi connectivity index (χ0v) is 11.6. The van der Waals surface area contributed by atoms with Gasteiger partial charge >= 0.3 is 0 Å². The molecule has 0 spiro atoms. The van der Waals surface area contributed by atoms with E-state index in [9.17, 15) is 4.79 Å². The number of likely N-dealkylation sites (tertiary alicyclic amines) is 1. The summed E-state index contributed by atoms with van der Waals surface area (Å²) in [5.41, 5.74) is -0.265. The SMILES string of the molecule is COC1CN(C(=O)C2(C)CCCNC2)CC1OC. The average molecular weight is 256 g/mol. The Bertz CT molecular complexity index is 291. The van der Waals surface area contributed by atoms with E-state index >= 15 is 0 Å². The normalized spacial score (nSPS) is 36.9. The van der Waals surface area contributed by atoms with E-state index in [4.69, 9.17) is 9.47 Å². The summed E-state index contributed by atoms with van der Waals surface area (Å²) in [5, 5.41) is 3.32. The van der Waals surface area contributed by atoms with Crippen molar-refractivity contribution in [2.24, 2.45) is 5.41 Å². The fourth-order valence-electron chi connectivity index (χ4n) is 2.98. The fourth-order valence-corrected chi connectivity index (χ4v) is 2.98. The Morgan fingerprint density at radius 3 is 2.33 bits per heavy atom. The van der Waals surface area contributed by atoms with Gasteiger partial charge in [-0.05, 0) is 26.3 Å². The van der Waals surface area contributed by atoms with Crippen LogP contribution in [0.25, 0.3) is 0 Å². The molecule has 0 aromatic carbocycles. The topological polar surface area (TPSA) is 50.8 Å². The van der Waals surface area contributed by atoms with Gasteiger partial charge in [0.1, 0.15) is 12.2 Å². The molecule has 2 saturated heterocycles. The van der Waals surface area contributed by atoms with E-state index in [1.807, 2.05) is 4.90 Å². The van der Waals surface area contributed by atoms with Crippen LogP contribution in [-0.2, 0) is 14.3 Å². The highest BCUT2D eigenvalue weighted by Gasteiger charge is 2.43. The molecule has 0 aromatic heterocycles. The first-order valence-corrected chi connectivity index (χ1v) is 6.66. The van der Waals surface area contributed by atoms with E-state index < -0.39 is 0 Å². The summed E-state index contributed by atoms with van der Waals surface area (Å²) < 4.78 is 10.8. The van der Waals surface area contributed by atoms with Gasteiger partial charge < -0.3 is 19.7 Å². The Morgan fingerprint density at radius 2 is 1.89 bits per heavy atom. The molecule has 2 aliphatic heterocycles. The van der Waals surface area contributed by atoms with Gasteiger partial charge in [-0.15, -0.1) is 0 Å². The number of carbonyl (C=O) groups is 1. The number of nitrogens with one attached hydrogen (secondary N) is 1. The van der Waals surface area contributed by atoms with Crippen LogP contribution in [0.3, 0.4) is 0 Å². The maximum absolute atomic E-state index is 12.6. The zero-order chi connectivity index (χ0) is 13.2. The maximum atomic E-state index is 12.6. The minimum Gasteiger partial charge on any atom is -0.377 e. The minimum absolute atomic E-state index is 0.000834. The van der Waals surface area contributed by atoms with Crippen LogP contribution in [0, 0.1) is 5.41 Å². The van der Waals surface area contributed by atoms with Gasteiger partial charge in [0.05, 0.1) is 5.41 Å². The standard InChI is InChI=1S/C13H24N2O3/c1-13(5-4-6-14-9-13)12(16)15-7-10(17-2)11(8-15)18-3/h10-11,14H,4-9H2,1-3H3. The van der Waals surface area contributed by atoms with E-state index in [1.165, 1.54) is 0 Å². The van der Waals surface area contributed by atoms with Crippen LogP contribution in [0.4, 0.5) is 0 Å². The zero-order valence-electron chi connectivity index (χ0n) is 11.6. The molecule has 0 radical (unpaired) electrons. The van der Waals surface area contributed by atoms with Gasteiger partial charge in [0.15, 0.2) is 0 Å². The van der Waals surface area contributed by atoms with Gasteiger partial charge in [0.2, 0.25) is 5.91 Å². The number of rotatable bonds is 3. The molecule has 18 heavy (non-hydrogen) atoms. The first-order chi connectivity index (χ1) is 8.60. The van der Waals surface area contributed by atoms with Gasteiger partial charge in [0.25, 0.3) is 0 Å². The highest BCUT2D eigenvalue weighted by molar-refractivity contribution is 5.83. The first kappa shape index (κ1) is 13.8. The Hall–Kier alpha value is -0.650. The lowest BCUT2D eigenvalue weighted by Crippen LogP contribution is -2.50. The Balaban J connectivity index is 2.01. The summed E-state index contributed by atoms with van der Waals surface area (Å²) >= 11 is 0. The number of carbonyl (C=O) groups excluding carboxylic acids is 1. The molecule has 1 N–H and O–H groups in total. The lowest BCUT2D eigenvalue weighted by Gasteiger charge is -2.36. The van der Waals surface area contributed by atoms with Gasteiger partial charge in [-0.2, -0.15) is 0 Å². The molecule has 0 aromatic rings. The molecule has 0 aliphatic carbocycles. The first-order valence-electron chi connectivity index (χ1n) is 6.66. The van der Waals surface area contributed by atoms with Gasteiger partial charge in [-0.3, -0.25) is 4.79 Å². The number of ether oxygens (including phenoxy) is 2.